The Bertz CT molecular complexity index is 628. The van der Waals surface area contributed by atoms with Crippen LogP contribution in [0.4, 0.5) is 0 Å². The molecule has 1 aromatic carbocycles. The fourth-order valence-electron chi connectivity index (χ4n) is 2.98. The van der Waals surface area contributed by atoms with Crippen LogP contribution in [-0.2, 0) is 19.9 Å². The summed E-state index contributed by atoms with van der Waals surface area (Å²) in [5.74, 6) is 0. The fraction of sp³-hybridized carbons (Fsp3) is 0.438. The summed E-state index contributed by atoms with van der Waals surface area (Å²) in [6, 6.07) is 9.08. The molecule has 0 saturated carbocycles. The van der Waals surface area contributed by atoms with Gasteiger partial charge in [-0.05, 0) is 38.4 Å². The largest absolute Gasteiger partial charge is 0.316 e. The van der Waals surface area contributed by atoms with Gasteiger partial charge in [-0.25, -0.2) is 0 Å². The Morgan fingerprint density at radius 3 is 2.86 bits per heavy atom. The minimum Gasteiger partial charge on any atom is -0.316 e. The fourth-order valence-corrected chi connectivity index (χ4v) is 4.68. The van der Waals surface area contributed by atoms with Crippen molar-refractivity contribution in [2.24, 2.45) is 7.05 Å². The molecule has 0 aliphatic carbocycles. The average molecular weight is 322 g/mol. The molecular weight excluding hydrogens is 302 g/mol. The Kier molecular flexibility index (Phi) is 4.29. The van der Waals surface area contributed by atoms with E-state index in [2.05, 4.69) is 34.7 Å². The van der Waals surface area contributed by atoms with Crippen molar-refractivity contribution in [2.75, 3.05) is 7.05 Å². The number of hydrogen-bond donors (Lipinski definition) is 1. The highest BCUT2D eigenvalue weighted by Crippen LogP contribution is 2.39. The lowest BCUT2D eigenvalue weighted by atomic mass is 9.99. The SMILES string of the molecule is CNC(Cc1c(C)nn(C)c1Cl)C1Cc2ccccc2S1. The van der Waals surface area contributed by atoms with Crippen LogP contribution in [-0.4, -0.2) is 28.1 Å². The van der Waals surface area contributed by atoms with Crippen molar-refractivity contribution < 1.29 is 0 Å². The van der Waals surface area contributed by atoms with Crippen molar-refractivity contribution in [3.63, 3.8) is 0 Å². The highest BCUT2D eigenvalue weighted by Gasteiger charge is 2.30. The zero-order valence-corrected chi connectivity index (χ0v) is 14.1. The maximum atomic E-state index is 6.38. The molecule has 1 N–H and O–H groups in total. The van der Waals surface area contributed by atoms with Gasteiger partial charge in [0.1, 0.15) is 5.15 Å². The topological polar surface area (TPSA) is 29.9 Å². The van der Waals surface area contributed by atoms with Gasteiger partial charge in [-0.1, -0.05) is 29.8 Å². The number of halogens is 1. The van der Waals surface area contributed by atoms with Gasteiger partial charge in [-0.15, -0.1) is 11.8 Å². The minimum absolute atomic E-state index is 0.391. The molecule has 2 unspecified atom stereocenters. The molecule has 5 heteroatoms. The summed E-state index contributed by atoms with van der Waals surface area (Å²) in [4.78, 5) is 1.41. The number of benzene rings is 1. The van der Waals surface area contributed by atoms with Crippen molar-refractivity contribution in [3.05, 3.63) is 46.2 Å². The van der Waals surface area contributed by atoms with Crippen LogP contribution in [0.2, 0.25) is 5.15 Å². The van der Waals surface area contributed by atoms with E-state index in [0.717, 1.165) is 29.3 Å². The van der Waals surface area contributed by atoms with Gasteiger partial charge in [-0.2, -0.15) is 5.10 Å². The predicted octanol–water partition coefficient (Wildman–Crippen LogP) is 3.23. The van der Waals surface area contributed by atoms with Crippen molar-refractivity contribution in [3.8, 4) is 0 Å². The van der Waals surface area contributed by atoms with Crippen LogP contribution < -0.4 is 5.32 Å². The number of hydrogen-bond acceptors (Lipinski definition) is 3. The number of thioether (sulfide) groups is 1. The highest BCUT2D eigenvalue weighted by atomic mass is 35.5. The number of aromatic nitrogens is 2. The Balaban J connectivity index is 1.78. The standard InChI is InChI=1S/C16H20ClN3S/c1-10-12(16(17)20(3)19-10)9-13(18-2)15-8-11-6-4-5-7-14(11)21-15/h4-7,13,15,18H,8-9H2,1-3H3. The van der Waals surface area contributed by atoms with E-state index in [9.17, 15) is 0 Å². The quantitative estimate of drug-likeness (QED) is 0.937. The van der Waals surface area contributed by atoms with E-state index in [4.69, 9.17) is 11.6 Å². The Morgan fingerprint density at radius 2 is 2.24 bits per heavy atom. The first kappa shape index (κ1) is 14.9. The summed E-state index contributed by atoms with van der Waals surface area (Å²) in [5, 5.41) is 9.19. The molecule has 2 atom stereocenters. The van der Waals surface area contributed by atoms with Crippen molar-refractivity contribution >= 4 is 23.4 Å². The van der Waals surface area contributed by atoms with E-state index in [0.29, 0.717) is 11.3 Å². The summed E-state index contributed by atoms with van der Waals surface area (Å²) in [6.07, 6.45) is 2.03. The zero-order valence-electron chi connectivity index (χ0n) is 12.6. The molecule has 1 aliphatic heterocycles. The van der Waals surface area contributed by atoms with Crippen LogP contribution in [0.5, 0.6) is 0 Å². The van der Waals surface area contributed by atoms with Crippen molar-refractivity contribution in [1.82, 2.24) is 15.1 Å². The third kappa shape index (κ3) is 2.85. The molecule has 2 aromatic rings. The van der Waals surface area contributed by atoms with Gasteiger partial charge < -0.3 is 5.32 Å². The van der Waals surface area contributed by atoms with Gasteiger partial charge in [0.2, 0.25) is 0 Å². The molecular formula is C16H20ClN3S. The first-order chi connectivity index (χ1) is 10.1. The first-order valence-electron chi connectivity index (χ1n) is 7.20. The third-order valence-electron chi connectivity index (χ3n) is 4.19. The molecule has 1 aromatic heterocycles. The van der Waals surface area contributed by atoms with Crippen molar-refractivity contribution in [2.45, 2.75) is 36.0 Å². The summed E-state index contributed by atoms with van der Waals surface area (Å²) < 4.78 is 1.76. The zero-order chi connectivity index (χ0) is 15.0. The summed E-state index contributed by atoms with van der Waals surface area (Å²) in [7, 11) is 3.93. The summed E-state index contributed by atoms with van der Waals surface area (Å²) in [6.45, 7) is 2.03. The summed E-state index contributed by atoms with van der Waals surface area (Å²) in [5.41, 5.74) is 3.65. The van der Waals surface area contributed by atoms with Gasteiger partial charge in [0.05, 0.1) is 5.69 Å². The molecule has 0 spiro atoms. The molecule has 0 saturated heterocycles. The van der Waals surface area contributed by atoms with E-state index < -0.39 is 0 Å². The number of fused-ring (bicyclic) bond motifs is 1. The predicted molar refractivity (Wildman–Crippen MR) is 89.3 cm³/mol. The second-order valence-electron chi connectivity index (χ2n) is 5.55. The molecule has 3 nitrogen and oxygen atoms in total. The van der Waals surface area contributed by atoms with E-state index in [1.165, 1.54) is 10.5 Å². The maximum Gasteiger partial charge on any atom is 0.130 e. The number of likely N-dealkylation sites (N-methyl/N-ethyl adjacent to an activating group) is 1. The molecule has 0 amide bonds. The van der Waals surface area contributed by atoms with E-state index in [1.807, 2.05) is 32.8 Å². The molecule has 112 valence electrons. The van der Waals surface area contributed by atoms with Crippen LogP contribution in [0.1, 0.15) is 16.8 Å². The molecule has 2 heterocycles. The molecule has 0 bridgehead atoms. The van der Waals surface area contributed by atoms with E-state index in [-0.39, 0.29) is 0 Å². The number of nitrogens with zero attached hydrogens (tertiary/aromatic N) is 2. The molecule has 0 radical (unpaired) electrons. The van der Waals surface area contributed by atoms with Gasteiger partial charge in [0.15, 0.2) is 0 Å². The minimum atomic E-state index is 0.391. The lowest BCUT2D eigenvalue weighted by Crippen LogP contribution is -2.37. The van der Waals surface area contributed by atoms with E-state index in [1.54, 1.807) is 4.68 Å². The summed E-state index contributed by atoms with van der Waals surface area (Å²) >= 11 is 8.35. The second-order valence-corrected chi connectivity index (χ2v) is 7.18. The normalized spacial score (nSPS) is 18.8. The highest BCUT2D eigenvalue weighted by molar-refractivity contribution is 8.00. The van der Waals surface area contributed by atoms with Crippen LogP contribution in [0.15, 0.2) is 29.2 Å². The Morgan fingerprint density at radius 1 is 1.48 bits per heavy atom. The monoisotopic (exact) mass is 321 g/mol. The van der Waals surface area contributed by atoms with Gasteiger partial charge in [0, 0.05) is 28.8 Å². The Labute approximate surface area is 135 Å². The third-order valence-corrected chi connectivity index (χ3v) is 6.11. The van der Waals surface area contributed by atoms with Gasteiger partial charge in [-0.3, -0.25) is 4.68 Å². The maximum absolute atomic E-state index is 6.38. The molecule has 3 rings (SSSR count). The van der Waals surface area contributed by atoms with Crippen molar-refractivity contribution in [1.29, 1.82) is 0 Å². The second kappa shape index (κ2) is 6.03. The Hall–Kier alpha value is -0.970. The lowest BCUT2D eigenvalue weighted by Gasteiger charge is -2.22. The van der Waals surface area contributed by atoms with Crippen LogP contribution in [0.3, 0.4) is 0 Å². The lowest BCUT2D eigenvalue weighted by molar-refractivity contribution is 0.536. The first-order valence-corrected chi connectivity index (χ1v) is 8.45. The molecule has 21 heavy (non-hydrogen) atoms. The van der Waals surface area contributed by atoms with Crippen LogP contribution in [0, 0.1) is 6.92 Å². The van der Waals surface area contributed by atoms with Gasteiger partial charge >= 0.3 is 0 Å². The molecule has 0 fully saturated rings. The molecule has 1 aliphatic rings. The van der Waals surface area contributed by atoms with Gasteiger partial charge in [0.25, 0.3) is 0 Å². The van der Waals surface area contributed by atoms with Crippen LogP contribution in [0.25, 0.3) is 0 Å². The average Bonchev–Trinajstić information content (AvgIpc) is 3.00. The van der Waals surface area contributed by atoms with Crippen LogP contribution >= 0.6 is 23.4 Å². The smallest absolute Gasteiger partial charge is 0.130 e. The van der Waals surface area contributed by atoms with E-state index >= 15 is 0 Å². The number of aryl methyl sites for hydroxylation is 2. The number of nitrogens with one attached hydrogen (secondary N) is 1. The number of rotatable bonds is 4.